The fraction of sp³-hybridized carbons (Fsp3) is 0.400. The third kappa shape index (κ3) is 3.40. The molecule has 6 nitrogen and oxygen atoms in total. The van der Waals surface area contributed by atoms with Gasteiger partial charge in [0, 0.05) is 5.92 Å². The fourth-order valence-corrected chi connectivity index (χ4v) is 2.62. The molecular formula is C15H15F3N4O2. The van der Waals surface area contributed by atoms with E-state index in [1.165, 1.54) is 18.5 Å². The van der Waals surface area contributed by atoms with Crippen molar-refractivity contribution in [2.24, 2.45) is 5.92 Å². The summed E-state index contributed by atoms with van der Waals surface area (Å²) < 4.78 is 38.8. The molecule has 0 aliphatic heterocycles. The number of hydrogen-bond donors (Lipinski definition) is 3. The molecule has 3 N–H and O–H groups in total. The van der Waals surface area contributed by atoms with E-state index >= 15 is 0 Å². The van der Waals surface area contributed by atoms with E-state index in [1.54, 1.807) is 0 Å². The Labute approximate surface area is 135 Å². The van der Waals surface area contributed by atoms with Crippen LogP contribution in [-0.4, -0.2) is 32.3 Å². The van der Waals surface area contributed by atoms with Crippen LogP contribution in [0.15, 0.2) is 30.6 Å². The van der Waals surface area contributed by atoms with Gasteiger partial charge < -0.3 is 10.4 Å². The lowest BCUT2D eigenvalue weighted by atomic mass is 9.81. The molecule has 1 aliphatic carbocycles. The first-order valence-corrected chi connectivity index (χ1v) is 7.35. The van der Waals surface area contributed by atoms with Crippen molar-refractivity contribution in [3.63, 3.8) is 0 Å². The van der Waals surface area contributed by atoms with Crippen molar-refractivity contribution < 1.29 is 23.1 Å². The Bertz CT molecular complexity index is 712. The van der Waals surface area contributed by atoms with E-state index in [0.29, 0.717) is 12.8 Å². The van der Waals surface area contributed by atoms with Crippen molar-refractivity contribution >= 4 is 5.91 Å². The zero-order chi connectivity index (χ0) is 17.3. The van der Waals surface area contributed by atoms with Gasteiger partial charge in [-0.3, -0.25) is 9.89 Å². The molecule has 0 bridgehead atoms. The number of alkyl halides is 3. The Kier molecular flexibility index (Phi) is 4.27. The van der Waals surface area contributed by atoms with Gasteiger partial charge in [-0.1, -0.05) is 12.1 Å². The maximum absolute atomic E-state index is 12.9. The van der Waals surface area contributed by atoms with Crippen LogP contribution in [0.4, 0.5) is 13.2 Å². The minimum absolute atomic E-state index is 0.238. The van der Waals surface area contributed by atoms with Gasteiger partial charge in [-0.05, 0) is 30.5 Å². The Morgan fingerprint density at radius 2 is 2.12 bits per heavy atom. The maximum atomic E-state index is 12.9. The van der Waals surface area contributed by atoms with E-state index < -0.39 is 23.9 Å². The van der Waals surface area contributed by atoms with Gasteiger partial charge in [-0.2, -0.15) is 18.3 Å². The highest BCUT2D eigenvalue weighted by molar-refractivity contribution is 5.80. The van der Waals surface area contributed by atoms with E-state index in [1.807, 2.05) is 0 Å². The van der Waals surface area contributed by atoms with Crippen LogP contribution < -0.4 is 5.32 Å². The third-order valence-electron chi connectivity index (χ3n) is 4.02. The van der Waals surface area contributed by atoms with Crippen LogP contribution in [0.5, 0.6) is 0 Å². The van der Waals surface area contributed by atoms with Crippen LogP contribution in [0, 0.1) is 5.92 Å². The summed E-state index contributed by atoms with van der Waals surface area (Å²) in [7, 11) is 0. The Morgan fingerprint density at radius 3 is 2.71 bits per heavy atom. The van der Waals surface area contributed by atoms with Crippen LogP contribution in [0.3, 0.4) is 0 Å². The lowest BCUT2D eigenvalue weighted by molar-refractivity contribution is -0.137. The summed E-state index contributed by atoms with van der Waals surface area (Å²) in [5.74, 6) is -0.446. The molecule has 0 saturated heterocycles. The number of nitrogens with zero attached hydrogens (tertiary/aromatic N) is 2. The lowest BCUT2D eigenvalue weighted by Crippen LogP contribution is -2.43. The van der Waals surface area contributed by atoms with Gasteiger partial charge in [0.1, 0.15) is 12.4 Å². The molecule has 3 rings (SSSR count). The van der Waals surface area contributed by atoms with Gasteiger partial charge in [0.25, 0.3) is 0 Å². The summed E-state index contributed by atoms with van der Waals surface area (Å²) in [4.78, 5) is 16.2. The van der Waals surface area contributed by atoms with E-state index in [2.05, 4.69) is 20.5 Å². The molecule has 128 valence electrons. The van der Waals surface area contributed by atoms with Crippen LogP contribution in [0.25, 0.3) is 0 Å². The number of aromatic amines is 1. The fourth-order valence-electron chi connectivity index (χ4n) is 2.62. The summed E-state index contributed by atoms with van der Waals surface area (Å²) in [6.45, 7) is 0. The van der Waals surface area contributed by atoms with Crippen molar-refractivity contribution in [1.29, 1.82) is 0 Å². The molecule has 1 saturated carbocycles. The molecule has 1 heterocycles. The van der Waals surface area contributed by atoms with Crippen LogP contribution in [0.2, 0.25) is 0 Å². The number of nitrogens with one attached hydrogen (secondary N) is 2. The zero-order valence-corrected chi connectivity index (χ0v) is 12.4. The molecule has 1 aliphatic rings. The van der Waals surface area contributed by atoms with Crippen molar-refractivity contribution in [3.05, 3.63) is 47.5 Å². The van der Waals surface area contributed by atoms with Crippen molar-refractivity contribution in [1.82, 2.24) is 20.5 Å². The van der Waals surface area contributed by atoms with E-state index in [9.17, 15) is 23.1 Å². The molecule has 1 amide bonds. The topological polar surface area (TPSA) is 90.9 Å². The molecule has 1 fully saturated rings. The highest BCUT2D eigenvalue weighted by atomic mass is 19.4. The van der Waals surface area contributed by atoms with Crippen molar-refractivity contribution in [2.75, 3.05) is 0 Å². The van der Waals surface area contributed by atoms with Crippen molar-refractivity contribution in [2.45, 2.75) is 31.2 Å². The Hall–Kier alpha value is -2.42. The summed E-state index contributed by atoms with van der Waals surface area (Å²) in [5, 5.41) is 18.2. The van der Waals surface area contributed by atoms with E-state index in [4.69, 9.17) is 0 Å². The predicted molar refractivity (Wildman–Crippen MR) is 76.5 cm³/mol. The number of halogens is 3. The van der Waals surface area contributed by atoms with Crippen LogP contribution in [-0.2, 0) is 11.0 Å². The first kappa shape index (κ1) is 16.4. The molecule has 1 atom stereocenters. The average Bonchev–Trinajstić information content (AvgIpc) is 3.02. The largest absolute Gasteiger partial charge is 0.416 e. The summed E-state index contributed by atoms with van der Waals surface area (Å²) in [6, 6.07) is 3.83. The number of benzene rings is 1. The number of hydrogen-bond acceptors (Lipinski definition) is 4. The molecule has 2 aromatic rings. The maximum Gasteiger partial charge on any atom is 0.416 e. The SMILES string of the molecule is O=C(NC(c1cccc(C(F)(F)F)c1)c1ncn[nH]1)C1CC(O)C1. The number of H-pyrrole nitrogens is 1. The van der Waals surface area contributed by atoms with Crippen molar-refractivity contribution in [3.8, 4) is 0 Å². The number of aliphatic hydroxyl groups is 1. The molecular weight excluding hydrogens is 325 g/mol. The summed E-state index contributed by atoms with van der Waals surface area (Å²) >= 11 is 0. The second kappa shape index (κ2) is 6.23. The Morgan fingerprint density at radius 1 is 1.38 bits per heavy atom. The number of rotatable bonds is 4. The highest BCUT2D eigenvalue weighted by Crippen LogP contribution is 2.32. The van der Waals surface area contributed by atoms with Crippen LogP contribution in [0.1, 0.15) is 35.8 Å². The number of carbonyl (C=O) groups excluding carboxylic acids is 1. The molecule has 0 spiro atoms. The highest BCUT2D eigenvalue weighted by Gasteiger charge is 2.35. The quantitative estimate of drug-likeness (QED) is 0.791. The van der Waals surface area contributed by atoms with Crippen LogP contribution >= 0.6 is 0 Å². The molecule has 1 aromatic heterocycles. The first-order valence-electron chi connectivity index (χ1n) is 7.35. The Balaban J connectivity index is 1.87. The lowest BCUT2D eigenvalue weighted by Gasteiger charge is -2.31. The van der Waals surface area contributed by atoms with E-state index in [-0.39, 0.29) is 23.2 Å². The van der Waals surface area contributed by atoms with E-state index in [0.717, 1.165) is 12.1 Å². The average molecular weight is 340 g/mol. The number of amides is 1. The number of carbonyl (C=O) groups is 1. The monoisotopic (exact) mass is 340 g/mol. The molecule has 0 radical (unpaired) electrons. The normalized spacial score (nSPS) is 21.8. The first-order chi connectivity index (χ1) is 11.3. The van der Waals surface area contributed by atoms with Gasteiger partial charge in [0.2, 0.25) is 5.91 Å². The smallest absolute Gasteiger partial charge is 0.393 e. The second-order valence-electron chi connectivity index (χ2n) is 5.76. The molecule has 9 heteroatoms. The van der Waals surface area contributed by atoms with Gasteiger partial charge >= 0.3 is 6.18 Å². The molecule has 1 aromatic carbocycles. The number of aliphatic hydroxyl groups excluding tert-OH is 1. The molecule has 1 unspecified atom stereocenters. The standard InChI is InChI=1S/C15H15F3N4O2/c16-15(17,18)10-3-1-2-8(4-10)12(13-19-7-20-22-13)21-14(24)9-5-11(23)6-9/h1-4,7,9,11-12,23H,5-6H2,(H,21,24)(H,19,20,22). The number of aromatic nitrogens is 3. The summed E-state index contributed by atoms with van der Waals surface area (Å²) in [6.07, 6.45) is -3.08. The zero-order valence-electron chi connectivity index (χ0n) is 12.4. The second-order valence-corrected chi connectivity index (χ2v) is 5.76. The van der Waals surface area contributed by atoms with Gasteiger partial charge in [0.15, 0.2) is 5.82 Å². The van der Waals surface area contributed by atoms with Gasteiger partial charge in [-0.15, -0.1) is 0 Å². The summed E-state index contributed by atoms with van der Waals surface area (Å²) in [5.41, 5.74) is -0.562. The molecule has 24 heavy (non-hydrogen) atoms. The van der Waals surface area contributed by atoms with Gasteiger partial charge in [-0.25, -0.2) is 4.98 Å². The van der Waals surface area contributed by atoms with Gasteiger partial charge in [0.05, 0.1) is 11.7 Å². The minimum Gasteiger partial charge on any atom is -0.393 e. The predicted octanol–water partition coefficient (Wildman–Crippen LogP) is 1.80. The minimum atomic E-state index is -4.48. The third-order valence-corrected chi connectivity index (χ3v) is 4.02.